The van der Waals surface area contributed by atoms with E-state index in [0.717, 1.165) is 16.6 Å². The molecule has 0 aliphatic rings. The zero-order valence-corrected chi connectivity index (χ0v) is 9.03. The van der Waals surface area contributed by atoms with Crippen LogP contribution in [0, 0.1) is 13.8 Å². The first-order chi connectivity index (χ1) is 7.09. The molecule has 2 heterocycles. The highest BCUT2D eigenvalue weighted by Gasteiger charge is 2.08. The number of rotatable bonds is 1. The second-order valence-electron chi connectivity index (χ2n) is 3.68. The fourth-order valence-electron chi connectivity index (χ4n) is 1.65. The predicted octanol–water partition coefficient (Wildman–Crippen LogP) is 2.45. The van der Waals surface area contributed by atoms with Crippen molar-refractivity contribution < 1.29 is 4.79 Å². The van der Waals surface area contributed by atoms with Gasteiger partial charge in [0.1, 0.15) is 0 Å². The van der Waals surface area contributed by atoms with Crippen molar-refractivity contribution in [3.8, 4) is 0 Å². The Bertz CT molecular complexity index is 547. The van der Waals surface area contributed by atoms with Gasteiger partial charge in [-0.15, -0.1) is 0 Å². The molecule has 2 aromatic rings. The van der Waals surface area contributed by atoms with Gasteiger partial charge in [0.15, 0.2) is 11.4 Å². The summed E-state index contributed by atoms with van der Waals surface area (Å²) in [6.45, 7) is 5.38. The summed E-state index contributed by atoms with van der Waals surface area (Å²) in [5.41, 5.74) is 3.22. The van der Waals surface area contributed by atoms with Gasteiger partial charge in [0.25, 0.3) is 0 Å². The molecule has 0 fully saturated rings. The van der Waals surface area contributed by atoms with Crippen LogP contribution < -0.4 is 0 Å². The molecule has 0 saturated heterocycles. The SMILES string of the molecule is CC(=O)c1cc2c(C)ccnc2nc1C. The molecule has 0 aliphatic carbocycles. The van der Waals surface area contributed by atoms with E-state index >= 15 is 0 Å². The number of fused-ring (bicyclic) bond motifs is 1. The standard InChI is InChI=1S/C12H12N2O/c1-7-4-5-13-12-10(7)6-11(9(3)15)8(2)14-12/h4-6H,1-3H3. The number of Topliss-reactive ketones (excluding diaryl/α,β-unsaturated/α-hetero) is 1. The molecule has 0 aromatic carbocycles. The quantitative estimate of drug-likeness (QED) is 0.664. The van der Waals surface area contributed by atoms with Gasteiger partial charge in [0.2, 0.25) is 0 Å². The van der Waals surface area contributed by atoms with Crippen LogP contribution >= 0.6 is 0 Å². The third-order valence-electron chi connectivity index (χ3n) is 2.52. The highest BCUT2D eigenvalue weighted by molar-refractivity contribution is 5.98. The average molecular weight is 200 g/mol. The summed E-state index contributed by atoms with van der Waals surface area (Å²) < 4.78 is 0. The number of aryl methyl sites for hydroxylation is 2. The summed E-state index contributed by atoms with van der Waals surface area (Å²) in [7, 11) is 0. The molecule has 0 unspecified atom stereocenters. The number of carbonyl (C=O) groups is 1. The van der Waals surface area contributed by atoms with Crippen molar-refractivity contribution in [2.45, 2.75) is 20.8 Å². The molecule has 76 valence electrons. The summed E-state index contributed by atoms with van der Waals surface area (Å²) in [4.78, 5) is 19.9. The molecule has 3 heteroatoms. The zero-order valence-electron chi connectivity index (χ0n) is 9.03. The van der Waals surface area contributed by atoms with Crippen LogP contribution in [0.15, 0.2) is 18.3 Å². The highest BCUT2D eigenvalue weighted by Crippen LogP contribution is 2.18. The van der Waals surface area contributed by atoms with E-state index in [0.29, 0.717) is 11.2 Å². The normalized spacial score (nSPS) is 10.6. The van der Waals surface area contributed by atoms with Gasteiger partial charge in [-0.2, -0.15) is 0 Å². The van der Waals surface area contributed by atoms with Gasteiger partial charge < -0.3 is 0 Å². The molecule has 0 saturated carbocycles. The van der Waals surface area contributed by atoms with Crippen LogP contribution in [0.25, 0.3) is 11.0 Å². The molecule has 0 atom stereocenters. The van der Waals surface area contributed by atoms with E-state index in [1.807, 2.05) is 26.0 Å². The van der Waals surface area contributed by atoms with E-state index in [2.05, 4.69) is 9.97 Å². The van der Waals surface area contributed by atoms with Gasteiger partial charge in [-0.1, -0.05) is 0 Å². The molecule has 2 rings (SSSR count). The van der Waals surface area contributed by atoms with Crippen molar-refractivity contribution >= 4 is 16.8 Å². The smallest absolute Gasteiger partial charge is 0.161 e. The Labute approximate surface area is 88.2 Å². The minimum atomic E-state index is 0.0464. The van der Waals surface area contributed by atoms with Gasteiger partial charge in [0.05, 0.1) is 5.69 Å². The Morgan fingerprint density at radius 1 is 1.33 bits per heavy atom. The van der Waals surface area contributed by atoms with Gasteiger partial charge in [-0.25, -0.2) is 9.97 Å². The largest absolute Gasteiger partial charge is 0.294 e. The Morgan fingerprint density at radius 2 is 2.07 bits per heavy atom. The summed E-state index contributed by atoms with van der Waals surface area (Å²) in [6.07, 6.45) is 1.73. The molecule has 0 bridgehead atoms. The third kappa shape index (κ3) is 1.61. The molecule has 0 spiro atoms. The van der Waals surface area contributed by atoms with Crippen LogP contribution in [0.3, 0.4) is 0 Å². The third-order valence-corrected chi connectivity index (χ3v) is 2.52. The number of nitrogens with zero attached hydrogens (tertiary/aromatic N) is 2. The molecule has 0 radical (unpaired) electrons. The predicted molar refractivity (Wildman–Crippen MR) is 59.0 cm³/mol. The summed E-state index contributed by atoms with van der Waals surface area (Å²) >= 11 is 0. The minimum absolute atomic E-state index is 0.0464. The van der Waals surface area contributed by atoms with Crippen LogP contribution in [0.1, 0.15) is 28.5 Å². The summed E-state index contributed by atoms with van der Waals surface area (Å²) in [5.74, 6) is 0.0464. The Morgan fingerprint density at radius 3 is 2.73 bits per heavy atom. The lowest BCUT2D eigenvalue weighted by molar-refractivity contribution is 0.101. The monoisotopic (exact) mass is 200 g/mol. The van der Waals surface area contributed by atoms with Gasteiger partial charge in [0, 0.05) is 17.1 Å². The first kappa shape index (κ1) is 9.77. The molecule has 15 heavy (non-hydrogen) atoms. The summed E-state index contributed by atoms with van der Waals surface area (Å²) in [5, 5.41) is 0.952. The fraction of sp³-hybridized carbons (Fsp3) is 0.250. The first-order valence-electron chi connectivity index (χ1n) is 4.83. The van der Waals surface area contributed by atoms with Crippen LogP contribution in [-0.4, -0.2) is 15.8 Å². The van der Waals surface area contributed by atoms with Crippen LogP contribution in [0.4, 0.5) is 0 Å². The summed E-state index contributed by atoms with van der Waals surface area (Å²) in [6, 6.07) is 3.80. The fourth-order valence-corrected chi connectivity index (χ4v) is 1.65. The van der Waals surface area contributed by atoms with Crippen LogP contribution in [0.2, 0.25) is 0 Å². The molecule has 2 aromatic heterocycles. The van der Waals surface area contributed by atoms with E-state index < -0.39 is 0 Å². The lowest BCUT2D eigenvalue weighted by atomic mass is 10.1. The zero-order chi connectivity index (χ0) is 11.0. The molecule has 3 nitrogen and oxygen atoms in total. The number of hydrogen-bond donors (Lipinski definition) is 0. The number of aromatic nitrogens is 2. The second kappa shape index (κ2) is 3.42. The van der Waals surface area contributed by atoms with Crippen molar-refractivity contribution in [2.24, 2.45) is 0 Å². The lowest BCUT2D eigenvalue weighted by Crippen LogP contribution is -2.00. The molecular weight excluding hydrogens is 188 g/mol. The van der Waals surface area contributed by atoms with Crippen LogP contribution in [0.5, 0.6) is 0 Å². The minimum Gasteiger partial charge on any atom is -0.294 e. The number of carbonyl (C=O) groups excluding carboxylic acids is 1. The van der Waals surface area contributed by atoms with Crippen molar-refractivity contribution in [3.05, 3.63) is 35.2 Å². The maximum Gasteiger partial charge on any atom is 0.161 e. The van der Waals surface area contributed by atoms with E-state index in [9.17, 15) is 4.79 Å². The van der Waals surface area contributed by atoms with Crippen molar-refractivity contribution in [1.29, 1.82) is 0 Å². The van der Waals surface area contributed by atoms with Gasteiger partial charge >= 0.3 is 0 Å². The number of ketones is 1. The van der Waals surface area contributed by atoms with E-state index in [4.69, 9.17) is 0 Å². The van der Waals surface area contributed by atoms with E-state index in [-0.39, 0.29) is 5.78 Å². The van der Waals surface area contributed by atoms with Crippen molar-refractivity contribution in [2.75, 3.05) is 0 Å². The number of pyridine rings is 2. The van der Waals surface area contributed by atoms with E-state index in [1.54, 1.807) is 13.1 Å². The van der Waals surface area contributed by atoms with Gasteiger partial charge in [-0.3, -0.25) is 4.79 Å². The topological polar surface area (TPSA) is 42.9 Å². The van der Waals surface area contributed by atoms with Crippen molar-refractivity contribution in [3.63, 3.8) is 0 Å². The molecule has 0 amide bonds. The first-order valence-corrected chi connectivity index (χ1v) is 4.83. The Balaban J connectivity index is 2.83. The molecule has 0 N–H and O–H groups in total. The Hall–Kier alpha value is -1.77. The average Bonchev–Trinajstić information content (AvgIpc) is 2.16. The second-order valence-corrected chi connectivity index (χ2v) is 3.68. The highest BCUT2D eigenvalue weighted by atomic mass is 16.1. The maximum atomic E-state index is 11.4. The molecular formula is C12H12N2O. The molecule has 0 aliphatic heterocycles. The van der Waals surface area contributed by atoms with Crippen molar-refractivity contribution in [1.82, 2.24) is 9.97 Å². The Kier molecular flexibility index (Phi) is 2.23. The number of hydrogen-bond acceptors (Lipinski definition) is 3. The van der Waals surface area contributed by atoms with Gasteiger partial charge in [-0.05, 0) is 38.5 Å². The lowest BCUT2D eigenvalue weighted by Gasteiger charge is -2.05. The maximum absolute atomic E-state index is 11.4. The van der Waals surface area contributed by atoms with E-state index in [1.165, 1.54) is 0 Å². The van der Waals surface area contributed by atoms with Crippen LogP contribution in [-0.2, 0) is 0 Å².